The van der Waals surface area contributed by atoms with Crippen LogP contribution in [0.15, 0.2) is 30.3 Å². The zero-order valence-corrected chi connectivity index (χ0v) is 15.7. The molecule has 3 amide bonds. The molecule has 1 aromatic heterocycles. The molecule has 0 spiro atoms. The number of hydrazine groups is 1. The van der Waals surface area contributed by atoms with Gasteiger partial charge in [0, 0.05) is 6.54 Å². The summed E-state index contributed by atoms with van der Waals surface area (Å²) in [7, 11) is 0. The van der Waals surface area contributed by atoms with Crippen molar-refractivity contribution in [2.24, 2.45) is 0 Å². The summed E-state index contributed by atoms with van der Waals surface area (Å²) in [6, 6.07) is 9.40. The van der Waals surface area contributed by atoms with Gasteiger partial charge in [0.15, 0.2) is 0 Å². The molecule has 2 rings (SSSR count). The topological polar surface area (TPSA) is 91.5 Å². The lowest BCUT2D eigenvalue weighted by Gasteiger charge is -2.10. The van der Waals surface area contributed by atoms with Crippen molar-refractivity contribution in [1.82, 2.24) is 10.7 Å². The van der Waals surface area contributed by atoms with Gasteiger partial charge in [-0.2, -0.15) is 0 Å². The van der Waals surface area contributed by atoms with Crippen molar-refractivity contribution in [3.8, 4) is 5.75 Å². The van der Waals surface area contributed by atoms with Crippen molar-refractivity contribution >= 4 is 33.8 Å². The summed E-state index contributed by atoms with van der Waals surface area (Å²) < 4.78 is 5.77. The molecule has 0 aliphatic heterocycles. The monoisotopic (exact) mass is 376 g/mol. The van der Waals surface area contributed by atoms with Gasteiger partial charge in [-0.1, -0.05) is 29.0 Å². The maximum absolute atomic E-state index is 11.8. The minimum atomic E-state index is -0.253. The van der Waals surface area contributed by atoms with E-state index in [-0.39, 0.29) is 6.03 Å². The van der Waals surface area contributed by atoms with Gasteiger partial charge >= 0.3 is 6.03 Å². The number of aryl methyl sites for hydroxylation is 2. The molecule has 7 nitrogen and oxygen atoms in total. The number of nitrogens with one attached hydrogen (secondary N) is 4. The molecule has 2 aromatic rings. The van der Waals surface area contributed by atoms with E-state index in [1.165, 1.54) is 16.9 Å². The Balaban J connectivity index is 1.58. The summed E-state index contributed by atoms with van der Waals surface area (Å²) in [6.45, 7) is 5.29. The Hall–Kier alpha value is -2.74. The molecule has 0 radical (unpaired) electrons. The Morgan fingerprint density at radius 3 is 2.73 bits per heavy atom. The van der Waals surface area contributed by atoms with E-state index in [1.807, 2.05) is 19.1 Å². The molecule has 0 bridgehead atoms. The largest absolute Gasteiger partial charge is 0.493 e. The van der Waals surface area contributed by atoms with Gasteiger partial charge in [-0.25, -0.2) is 4.79 Å². The van der Waals surface area contributed by atoms with Crippen molar-refractivity contribution < 1.29 is 14.3 Å². The average Bonchev–Trinajstić information content (AvgIpc) is 3.05. The van der Waals surface area contributed by atoms with E-state index >= 15 is 0 Å². The average molecular weight is 376 g/mol. The summed E-state index contributed by atoms with van der Waals surface area (Å²) in [4.78, 5) is 22.0. The Morgan fingerprint density at radius 2 is 1.96 bits per heavy atom. The van der Waals surface area contributed by atoms with E-state index in [9.17, 15) is 9.59 Å². The standard InChI is InChI=1S/C18H24N4O3S/c1-13-5-6-15(14(2)11-13)25-10-4-3-9-19-18(24)21-16-7-8-17(26-16)22-20-12-23/h5-8,11-12,22H,3-4,9-10H2,1-2H3,(H,20,23)(H2,19,21,24). The van der Waals surface area contributed by atoms with Crippen LogP contribution < -0.4 is 26.2 Å². The molecule has 8 heteroatoms. The van der Waals surface area contributed by atoms with Gasteiger partial charge in [0.05, 0.1) is 11.6 Å². The third-order valence-corrected chi connectivity index (χ3v) is 4.46. The number of amides is 3. The van der Waals surface area contributed by atoms with Crippen LogP contribution in [0.5, 0.6) is 5.75 Å². The van der Waals surface area contributed by atoms with Crippen LogP contribution in [0.3, 0.4) is 0 Å². The highest BCUT2D eigenvalue weighted by molar-refractivity contribution is 7.20. The van der Waals surface area contributed by atoms with Crippen LogP contribution >= 0.6 is 11.3 Å². The molecule has 26 heavy (non-hydrogen) atoms. The number of unbranched alkanes of at least 4 members (excludes halogenated alkanes) is 1. The molecule has 0 saturated heterocycles. The normalized spacial score (nSPS) is 10.1. The smallest absolute Gasteiger partial charge is 0.319 e. The summed E-state index contributed by atoms with van der Waals surface area (Å²) in [5.41, 5.74) is 7.39. The number of hydrogen-bond acceptors (Lipinski definition) is 5. The van der Waals surface area contributed by atoms with Gasteiger partial charge in [-0.15, -0.1) is 0 Å². The lowest BCUT2D eigenvalue weighted by molar-refractivity contribution is -0.109. The lowest BCUT2D eigenvalue weighted by atomic mass is 10.1. The molecular formula is C18H24N4O3S. The number of carbonyl (C=O) groups excluding carboxylic acids is 2. The maximum atomic E-state index is 11.8. The van der Waals surface area contributed by atoms with E-state index in [2.05, 4.69) is 34.5 Å². The number of hydrogen-bond donors (Lipinski definition) is 4. The molecule has 1 heterocycles. The first-order valence-corrected chi connectivity index (χ1v) is 9.20. The SMILES string of the molecule is Cc1ccc(OCCCCNC(=O)Nc2ccc(NNC=O)s2)c(C)c1. The van der Waals surface area contributed by atoms with Crippen LogP contribution in [0.25, 0.3) is 0 Å². The molecule has 0 unspecified atom stereocenters. The number of rotatable bonds is 10. The number of ether oxygens (including phenoxy) is 1. The van der Waals surface area contributed by atoms with E-state index in [0.717, 1.165) is 29.2 Å². The third-order valence-electron chi connectivity index (χ3n) is 3.54. The van der Waals surface area contributed by atoms with E-state index in [0.29, 0.717) is 24.6 Å². The predicted octanol–water partition coefficient (Wildman–Crippen LogP) is 3.42. The molecular weight excluding hydrogens is 352 g/mol. The van der Waals surface area contributed by atoms with Crippen LogP contribution in [0.4, 0.5) is 14.8 Å². The fourth-order valence-electron chi connectivity index (χ4n) is 2.30. The molecule has 1 aromatic carbocycles. The van der Waals surface area contributed by atoms with E-state index < -0.39 is 0 Å². The maximum Gasteiger partial charge on any atom is 0.319 e. The van der Waals surface area contributed by atoms with Crippen molar-refractivity contribution in [2.75, 3.05) is 23.9 Å². The quantitative estimate of drug-likeness (QED) is 0.290. The second kappa shape index (κ2) is 10.3. The summed E-state index contributed by atoms with van der Waals surface area (Å²) in [5.74, 6) is 0.910. The van der Waals surface area contributed by atoms with Crippen molar-refractivity contribution in [3.05, 3.63) is 41.5 Å². The van der Waals surface area contributed by atoms with Crippen molar-refractivity contribution in [2.45, 2.75) is 26.7 Å². The Kier molecular flexibility index (Phi) is 7.75. The first-order valence-electron chi connectivity index (χ1n) is 8.38. The van der Waals surface area contributed by atoms with Crippen LogP contribution in [0.1, 0.15) is 24.0 Å². The minimum Gasteiger partial charge on any atom is -0.493 e. The van der Waals surface area contributed by atoms with Crippen molar-refractivity contribution in [1.29, 1.82) is 0 Å². The van der Waals surface area contributed by atoms with E-state index in [1.54, 1.807) is 12.1 Å². The first kappa shape index (κ1) is 19.6. The first-order chi connectivity index (χ1) is 12.6. The fraction of sp³-hybridized carbons (Fsp3) is 0.333. The van der Waals surface area contributed by atoms with Gasteiger partial charge in [-0.3, -0.25) is 21.0 Å². The van der Waals surface area contributed by atoms with Crippen LogP contribution in [-0.4, -0.2) is 25.6 Å². The third kappa shape index (κ3) is 6.64. The zero-order chi connectivity index (χ0) is 18.8. The number of urea groups is 1. The summed E-state index contributed by atoms with van der Waals surface area (Å²) >= 11 is 1.32. The van der Waals surface area contributed by atoms with Crippen LogP contribution in [0, 0.1) is 13.8 Å². The fourth-order valence-corrected chi connectivity index (χ4v) is 3.06. The number of carbonyl (C=O) groups is 2. The van der Waals surface area contributed by atoms with Gasteiger partial charge in [0.25, 0.3) is 0 Å². The molecule has 0 aliphatic rings. The summed E-state index contributed by atoms with van der Waals surface area (Å²) in [5, 5.41) is 6.98. The Bertz CT molecular complexity index is 733. The Labute approximate surface area is 157 Å². The predicted molar refractivity (Wildman–Crippen MR) is 105 cm³/mol. The van der Waals surface area contributed by atoms with Crippen LogP contribution in [-0.2, 0) is 4.79 Å². The van der Waals surface area contributed by atoms with Gasteiger partial charge in [-0.05, 0) is 50.5 Å². The highest BCUT2D eigenvalue weighted by Crippen LogP contribution is 2.25. The van der Waals surface area contributed by atoms with Crippen LogP contribution in [0.2, 0.25) is 0 Å². The highest BCUT2D eigenvalue weighted by Gasteiger charge is 2.04. The second-order valence-electron chi connectivity index (χ2n) is 5.76. The molecule has 140 valence electrons. The second-order valence-corrected chi connectivity index (χ2v) is 6.84. The molecule has 0 atom stereocenters. The minimum absolute atomic E-state index is 0.253. The Morgan fingerprint density at radius 1 is 1.15 bits per heavy atom. The molecule has 0 fully saturated rings. The molecule has 0 saturated carbocycles. The van der Waals surface area contributed by atoms with Gasteiger partial charge in [0.2, 0.25) is 6.41 Å². The zero-order valence-electron chi connectivity index (χ0n) is 14.9. The summed E-state index contributed by atoms with van der Waals surface area (Å²) in [6.07, 6.45) is 2.24. The van der Waals surface area contributed by atoms with E-state index in [4.69, 9.17) is 4.74 Å². The number of thiophene rings is 1. The van der Waals surface area contributed by atoms with Gasteiger partial charge in [0.1, 0.15) is 10.8 Å². The van der Waals surface area contributed by atoms with Crippen molar-refractivity contribution in [3.63, 3.8) is 0 Å². The molecule has 0 aliphatic carbocycles. The molecule has 4 N–H and O–H groups in total. The number of benzene rings is 1. The van der Waals surface area contributed by atoms with Gasteiger partial charge < -0.3 is 10.1 Å². The number of anilines is 2. The highest BCUT2D eigenvalue weighted by atomic mass is 32.1. The lowest BCUT2D eigenvalue weighted by Crippen LogP contribution is -2.29.